The van der Waals surface area contributed by atoms with Gasteiger partial charge >= 0.3 is 0 Å². The molecule has 0 radical (unpaired) electrons. The van der Waals surface area contributed by atoms with Gasteiger partial charge in [-0.3, -0.25) is 4.98 Å². The molecule has 0 fully saturated rings. The molecule has 0 saturated heterocycles. The van der Waals surface area contributed by atoms with Gasteiger partial charge in [0.05, 0.1) is 6.10 Å². The first kappa shape index (κ1) is 16.5. The van der Waals surface area contributed by atoms with E-state index < -0.39 is 0 Å². The smallest absolute Gasteiger partial charge is 0.165 e. The lowest BCUT2D eigenvalue weighted by atomic mass is 10.0. The van der Waals surface area contributed by atoms with Gasteiger partial charge in [-0.25, -0.2) is 0 Å². The van der Waals surface area contributed by atoms with Gasteiger partial charge in [0.15, 0.2) is 5.76 Å². The molecule has 24 heavy (non-hydrogen) atoms. The van der Waals surface area contributed by atoms with Crippen LogP contribution in [-0.4, -0.2) is 16.2 Å². The molecular formula is C20H23NO3. The van der Waals surface area contributed by atoms with E-state index in [1.165, 1.54) is 0 Å². The van der Waals surface area contributed by atoms with Gasteiger partial charge in [-0.05, 0) is 49.3 Å². The monoisotopic (exact) mass is 325 g/mol. The number of rotatable bonds is 7. The van der Waals surface area contributed by atoms with Crippen LogP contribution in [0.4, 0.5) is 0 Å². The molecule has 1 aromatic rings. The van der Waals surface area contributed by atoms with Crippen molar-refractivity contribution in [3.63, 3.8) is 0 Å². The number of aryl methyl sites for hydroxylation is 1. The molecule has 1 aliphatic carbocycles. The Labute approximate surface area is 142 Å². The molecule has 1 aliphatic heterocycles. The van der Waals surface area contributed by atoms with Gasteiger partial charge in [-0.2, -0.15) is 0 Å². The average Bonchev–Trinajstić information content (AvgIpc) is 2.66. The zero-order valence-corrected chi connectivity index (χ0v) is 13.7. The molecule has 0 bridgehead atoms. The standard InChI is InChI=1S/C20H23NO3/c22-18(9-8-16-5-4-12-21-13-16)10-11-19-14-23-15-20(24-19)17-6-2-1-3-7-17/h1-2,4-6,12-15,18,22H,3,7-11H2. The molecule has 0 saturated carbocycles. The highest BCUT2D eigenvalue weighted by molar-refractivity contribution is 5.33. The van der Waals surface area contributed by atoms with Gasteiger partial charge in [-0.15, -0.1) is 0 Å². The summed E-state index contributed by atoms with van der Waals surface area (Å²) in [5.74, 6) is 1.55. The molecule has 2 heterocycles. The Balaban J connectivity index is 1.42. The van der Waals surface area contributed by atoms with Crippen LogP contribution in [0.1, 0.15) is 37.7 Å². The number of pyridine rings is 1. The molecule has 126 valence electrons. The molecular weight excluding hydrogens is 302 g/mol. The van der Waals surface area contributed by atoms with Crippen LogP contribution < -0.4 is 0 Å². The summed E-state index contributed by atoms with van der Waals surface area (Å²) in [6.07, 6.45) is 17.6. The molecule has 1 unspecified atom stereocenters. The number of aromatic nitrogens is 1. The highest BCUT2D eigenvalue weighted by Crippen LogP contribution is 2.28. The van der Waals surface area contributed by atoms with Crippen LogP contribution in [0.5, 0.6) is 0 Å². The summed E-state index contributed by atoms with van der Waals surface area (Å²) >= 11 is 0. The molecule has 1 atom stereocenters. The van der Waals surface area contributed by atoms with Crippen LogP contribution in [0.2, 0.25) is 0 Å². The molecule has 0 aromatic carbocycles. The van der Waals surface area contributed by atoms with Gasteiger partial charge < -0.3 is 14.6 Å². The maximum absolute atomic E-state index is 10.2. The van der Waals surface area contributed by atoms with Gasteiger partial charge in [0.1, 0.15) is 18.3 Å². The first-order chi connectivity index (χ1) is 11.8. The van der Waals surface area contributed by atoms with Crippen LogP contribution in [-0.2, 0) is 15.9 Å². The van der Waals surface area contributed by atoms with Crippen molar-refractivity contribution in [2.24, 2.45) is 0 Å². The van der Waals surface area contributed by atoms with Crippen LogP contribution in [0.25, 0.3) is 0 Å². The summed E-state index contributed by atoms with van der Waals surface area (Å²) in [7, 11) is 0. The second-order valence-electron chi connectivity index (χ2n) is 6.06. The number of hydrogen-bond acceptors (Lipinski definition) is 4. The van der Waals surface area contributed by atoms with E-state index in [-0.39, 0.29) is 6.10 Å². The lowest BCUT2D eigenvalue weighted by Gasteiger charge is -2.20. The van der Waals surface area contributed by atoms with Crippen molar-refractivity contribution in [3.05, 3.63) is 77.9 Å². The second-order valence-corrected chi connectivity index (χ2v) is 6.06. The quantitative estimate of drug-likeness (QED) is 0.818. The summed E-state index contributed by atoms with van der Waals surface area (Å²) in [4.78, 5) is 4.09. The van der Waals surface area contributed by atoms with Crippen molar-refractivity contribution in [1.29, 1.82) is 0 Å². The number of allylic oxidation sites excluding steroid dienone is 5. The zero-order chi connectivity index (χ0) is 16.6. The van der Waals surface area contributed by atoms with Crippen molar-refractivity contribution >= 4 is 0 Å². The summed E-state index contributed by atoms with van der Waals surface area (Å²) in [5, 5.41) is 10.2. The van der Waals surface area contributed by atoms with Crippen LogP contribution in [0.3, 0.4) is 0 Å². The van der Waals surface area contributed by atoms with Gasteiger partial charge in [0.2, 0.25) is 0 Å². The first-order valence-corrected chi connectivity index (χ1v) is 8.47. The molecule has 1 N–H and O–H groups in total. The summed E-state index contributed by atoms with van der Waals surface area (Å²) < 4.78 is 11.3. The summed E-state index contributed by atoms with van der Waals surface area (Å²) in [6.45, 7) is 0. The van der Waals surface area contributed by atoms with E-state index in [2.05, 4.69) is 17.1 Å². The highest BCUT2D eigenvalue weighted by Gasteiger charge is 2.16. The van der Waals surface area contributed by atoms with Crippen molar-refractivity contribution in [1.82, 2.24) is 4.98 Å². The molecule has 2 aliphatic rings. The molecule has 0 spiro atoms. The third-order valence-corrected chi connectivity index (χ3v) is 4.16. The maximum atomic E-state index is 10.2. The number of nitrogens with zero attached hydrogens (tertiary/aromatic N) is 1. The fourth-order valence-electron chi connectivity index (χ4n) is 2.75. The normalized spacial score (nSPS) is 18.0. The van der Waals surface area contributed by atoms with E-state index >= 15 is 0 Å². The van der Waals surface area contributed by atoms with Crippen LogP contribution >= 0.6 is 0 Å². The van der Waals surface area contributed by atoms with Crippen LogP contribution in [0.15, 0.2) is 72.4 Å². The Hall–Kier alpha value is -2.33. The van der Waals surface area contributed by atoms with Crippen molar-refractivity contribution in [2.45, 2.75) is 44.6 Å². The molecule has 4 heteroatoms. The lowest BCUT2D eigenvalue weighted by molar-refractivity contribution is 0.142. The minimum absolute atomic E-state index is 0.360. The zero-order valence-electron chi connectivity index (χ0n) is 13.7. The Morgan fingerprint density at radius 1 is 1.21 bits per heavy atom. The van der Waals surface area contributed by atoms with Gasteiger partial charge in [0.25, 0.3) is 0 Å². The molecule has 4 nitrogen and oxygen atoms in total. The van der Waals surface area contributed by atoms with E-state index in [0.29, 0.717) is 12.8 Å². The molecule has 3 rings (SSSR count). The fraction of sp³-hybridized carbons (Fsp3) is 0.350. The van der Waals surface area contributed by atoms with Crippen molar-refractivity contribution < 1.29 is 14.6 Å². The van der Waals surface area contributed by atoms with Crippen molar-refractivity contribution in [3.8, 4) is 0 Å². The van der Waals surface area contributed by atoms with E-state index in [1.54, 1.807) is 18.7 Å². The predicted octanol–water partition coefficient (Wildman–Crippen LogP) is 4.16. The Kier molecular flexibility index (Phi) is 5.85. The minimum Gasteiger partial charge on any atom is -0.465 e. The second kappa shape index (κ2) is 8.50. The van der Waals surface area contributed by atoms with Gasteiger partial charge in [0, 0.05) is 18.8 Å². The Morgan fingerprint density at radius 3 is 2.92 bits per heavy atom. The third-order valence-electron chi connectivity index (χ3n) is 4.16. The minimum atomic E-state index is -0.360. The number of aliphatic hydroxyl groups excluding tert-OH is 1. The van der Waals surface area contributed by atoms with Crippen molar-refractivity contribution in [2.75, 3.05) is 0 Å². The maximum Gasteiger partial charge on any atom is 0.165 e. The Morgan fingerprint density at radius 2 is 2.12 bits per heavy atom. The first-order valence-electron chi connectivity index (χ1n) is 8.47. The summed E-state index contributed by atoms with van der Waals surface area (Å²) in [6, 6.07) is 3.95. The highest BCUT2D eigenvalue weighted by atomic mass is 16.5. The number of aliphatic hydroxyl groups is 1. The molecule has 0 amide bonds. The molecule has 1 aromatic heterocycles. The number of hydrogen-bond donors (Lipinski definition) is 1. The van der Waals surface area contributed by atoms with E-state index in [9.17, 15) is 5.11 Å². The van der Waals surface area contributed by atoms with E-state index in [4.69, 9.17) is 9.47 Å². The topological polar surface area (TPSA) is 51.6 Å². The van der Waals surface area contributed by atoms with E-state index in [1.807, 2.05) is 24.4 Å². The average molecular weight is 325 g/mol. The number of ether oxygens (including phenoxy) is 2. The van der Waals surface area contributed by atoms with E-state index in [0.717, 1.165) is 48.3 Å². The third kappa shape index (κ3) is 4.83. The van der Waals surface area contributed by atoms with Gasteiger partial charge in [-0.1, -0.05) is 24.3 Å². The SMILES string of the molecule is OC(CCC1=COC=C(C2=CC=CCC2)O1)CCc1cccnc1. The predicted molar refractivity (Wildman–Crippen MR) is 92.6 cm³/mol. The lowest BCUT2D eigenvalue weighted by Crippen LogP contribution is -2.10. The largest absolute Gasteiger partial charge is 0.465 e. The Bertz CT molecular complexity index is 659. The van der Waals surface area contributed by atoms with Crippen LogP contribution in [0, 0.1) is 0 Å². The summed E-state index contributed by atoms with van der Waals surface area (Å²) in [5.41, 5.74) is 2.30. The fourth-order valence-corrected chi connectivity index (χ4v) is 2.75.